The first-order valence-corrected chi connectivity index (χ1v) is 8.24. The number of H-pyrrole nitrogens is 1. The molecular formula is C20H15N3O4. The number of aromatic nitrogens is 2. The minimum absolute atomic E-state index is 0.313. The number of hydrogen-bond donors (Lipinski definition) is 2. The lowest BCUT2D eigenvalue weighted by molar-refractivity contribution is 0.102. The normalized spacial score (nSPS) is 10.7. The fraction of sp³-hybridized carbons (Fsp3) is 0.0500. The number of nitrogens with zero attached hydrogens (tertiary/aromatic N) is 1. The van der Waals surface area contributed by atoms with Gasteiger partial charge in [-0.25, -0.2) is 9.78 Å². The van der Waals surface area contributed by atoms with Gasteiger partial charge in [0.15, 0.2) is 5.58 Å². The van der Waals surface area contributed by atoms with Crippen molar-refractivity contribution in [3.8, 4) is 5.88 Å². The van der Waals surface area contributed by atoms with Crippen LogP contribution in [0.3, 0.4) is 0 Å². The molecule has 7 heteroatoms. The topological polar surface area (TPSA) is 97.2 Å². The Bertz CT molecular complexity index is 1150. The van der Waals surface area contributed by atoms with Crippen molar-refractivity contribution in [3.63, 3.8) is 0 Å². The molecule has 0 atom stereocenters. The van der Waals surface area contributed by atoms with E-state index in [2.05, 4.69) is 15.3 Å². The van der Waals surface area contributed by atoms with Crippen molar-refractivity contribution in [3.05, 3.63) is 88.5 Å². The molecule has 0 aliphatic carbocycles. The highest BCUT2D eigenvalue weighted by Gasteiger charge is 2.10. The second kappa shape index (κ2) is 7.17. The van der Waals surface area contributed by atoms with Gasteiger partial charge in [0.05, 0.1) is 5.52 Å². The molecule has 2 N–H and O–H groups in total. The maximum atomic E-state index is 12.5. The van der Waals surface area contributed by atoms with Crippen LogP contribution in [-0.4, -0.2) is 15.9 Å². The highest BCUT2D eigenvalue weighted by molar-refractivity contribution is 6.05. The third kappa shape index (κ3) is 3.87. The highest BCUT2D eigenvalue weighted by atomic mass is 16.5. The summed E-state index contributed by atoms with van der Waals surface area (Å²) in [5, 5.41) is 2.77. The van der Waals surface area contributed by atoms with Gasteiger partial charge in [-0.1, -0.05) is 30.3 Å². The third-order valence-corrected chi connectivity index (χ3v) is 3.90. The van der Waals surface area contributed by atoms with E-state index in [0.717, 1.165) is 5.56 Å². The van der Waals surface area contributed by atoms with E-state index in [9.17, 15) is 9.59 Å². The van der Waals surface area contributed by atoms with Gasteiger partial charge in [-0.2, -0.15) is 0 Å². The van der Waals surface area contributed by atoms with Crippen LogP contribution in [0.15, 0.2) is 76.1 Å². The number of oxazole rings is 1. The summed E-state index contributed by atoms with van der Waals surface area (Å²) in [7, 11) is 0. The number of carbonyl (C=O) groups excluding carboxylic acids is 1. The number of hydrogen-bond acceptors (Lipinski definition) is 5. The molecule has 0 aliphatic rings. The number of rotatable bonds is 5. The van der Waals surface area contributed by atoms with E-state index in [1.54, 1.807) is 30.3 Å². The van der Waals surface area contributed by atoms with Gasteiger partial charge in [0.25, 0.3) is 5.91 Å². The second-order valence-electron chi connectivity index (χ2n) is 5.84. The predicted octanol–water partition coefficient (Wildman–Crippen LogP) is 3.35. The summed E-state index contributed by atoms with van der Waals surface area (Å²) in [5.41, 5.74) is 2.90. The molecule has 0 aliphatic heterocycles. The largest absolute Gasteiger partial charge is 0.473 e. The molecule has 0 unspecified atom stereocenters. The van der Waals surface area contributed by atoms with Crippen molar-refractivity contribution >= 4 is 22.7 Å². The van der Waals surface area contributed by atoms with Crippen LogP contribution in [0.5, 0.6) is 5.88 Å². The van der Waals surface area contributed by atoms with Gasteiger partial charge >= 0.3 is 5.76 Å². The van der Waals surface area contributed by atoms with Crippen LogP contribution in [-0.2, 0) is 6.61 Å². The van der Waals surface area contributed by atoms with Crippen molar-refractivity contribution in [2.75, 3.05) is 5.32 Å². The smallest absolute Gasteiger partial charge is 0.417 e. The molecule has 0 fully saturated rings. The van der Waals surface area contributed by atoms with E-state index in [0.29, 0.717) is 34.8 Å². The van der Waals surface area contributed by atoms with E-state index < -0.39 is 5.76 Å². The van der Waals surface area contributed by atoms with Gasteiger partial charge in [-0.3, -0.25) is 9.78 Å². The SMILES string of the molecule is O=C(Nc1ccc2oc(=O)[nH]c2c1)c1ccnc(OCc2ccccc2)c1. The highest BCUT2D eigenvalue weighted by Crippen LogP contribution is 2.18. The summed E-state index contributed by atoms with van der Waals surface area (Å²) in [4.78, 5) is 30.4. The minimum atomic E-state index is -0.539. The van der Waals surface area contributed by atoms with Crippen LogP contribution < -0.4 is 15.8 Å². The summed E-state index contributed by atoms with van der Waals surface area (Å²) in [6.07, 6.45) is 1.52. The van der Waals surface area contributed by atoms with Crippen molar-refractivity contribution in [2.45, 2.75) is 6.61 Å². The van der Waals surface area contributed by atoms with Crippen molar-refractivity contribution in [1.82, 2.24) is 9.97 Å². The summed E-state index contributed by atoms with van der Waals surface area (Å²) in [5.74, 6) is -0.490. The molecule has 0 saturated heterocycles. The Labute approximate surface area is 153 Å². The molecular weight excluding hydrogens is 346 g/mol. The van der Waals surface area contributed by atoms with Crippen molar-refractivity contribution < 1.29 is 13.9 Å². The summed E-state index contributed by atoms with van der Waals surface area (Å²) in [6, 6.07) is 17.8. The zero-order valence-electron chi connectivity index (χ0n) is 14.1. The number of fused-ring (bicyclic) bond motifs is 1. The van der Waals surface area contributed by atoms with E-state index >= 15 is 0 Å². The Balaban J connectivity index is 1.47. The van der Waals surface area contributed by atoms with Crippen LogP contribution in [0.1, 0.15) is 15.9 Å². The molecule has 2 heterocycles. The fourth-order valence-corrected chi connectivity index (χ4v) is 2.59. The number of anilines is 1. The second-order valence-corrected chi connectivity index (χ2v) is 5.84. The Morgan fingerprint density at radius 1 is 1.11 bits per heavy atom. The predicted molar refractivity (Wildman–Crippen MR) is 99.8 cm³/mol. The minimum Gasteiger partial charge on any atom is -0.473 e. The lowest BCUT2D eigenvalue weighted by Crippen LogP contribution is -2.12. The molecule has 2 aromatic carbocycles. The fourth-order valence-electron chi connectivity index (χ4n) is 2.59. The Hall–Kier alpha value is -3.87. The van der Waals surface area contributed by atoms with Crippen LogP contribution in [0, 0.1) is 0 Å². The average Bonchev–Trinajstić information content (AvgIpc) is 3.07. The Kier molecular flexibility index (Phi) is 4.40. The first-order valence-electron chi connectivity index (χ1n) is 8.24. The number of nitrogens with one attached hydrogen (secondary N) is 2. The van der Waals surface area contributed by atoms with E-state index in [-0.39, 0.29) is 5.91 Å². The van der Waals surface area contributed by atoms with Crippen molar-refractivity contribution in [2.24, 2.45) is 0 Å². The number of benzene rings is 2. The molecule has 2 aromatic heterocycles. The summed E-state index contributed by atoms with van der Waals surface area (Å²) in [6.45, 7) is 0.365. The summed E-state index contributed by atoms with van der Waals surface area (Å²) < 4.78 is 10.6. The van der Waals surface area contributed by atoms with Gasteiger partial charge in [-0.05, 0) is 29.8 Å². The molecule has 0 bridgehead atoms. The van der Waals surface area contributed by atoms with Gasteiger partial charge in [0.2, 0.25) is 5.88 Å². The lowest BCUT2D eigenvalue weighted by atomic mass is 10.2. The molecule has 0 spiro atoms. The Morgan fingerprint density at radius 2 is 1.96 bits per heavy atom. The molecule has 0 radical (unpaired) electrons. The lowest BCUT2D eigenvalue weighted by Gasteiger charge is -2.08. The monoisotopic (exact) mass is 361 g/mol. The van der Waals surface area contributed by atoms with Crippen LogP contribution in [0.2, 0.25) is 0 Å². The molecule has 134 valence electrons. The molecule has 4 rings (SSSR count). The maximum absolute atomic E-state index is 12.5. The van der Waals surface area contributed by atoms with Gasteiger partial charge in [-0.15, -0.1) is 0 Å². The number of pyridine rings is 1. The molecule has 27 heavy (non-hydrogen) atoms. The van der Waals surface area contributed by atoms with E-state index in [1.807, 2.05) is 30.3 Å². The zero-order valence-corrected chi connectivity index (χ0v) is 14.1. The molecule has 4 aromatic rings. The van der Waals surface area contributed by atoms with Crippen LogP contribution in [0.25, 0.3) is 11.1 Å². The van der Waals surface area contributed by atoms with Crippen LogP contribution in [0.4, 0.5) is 5.69 Å². The van der Waals surface area contributed by atoms with Crippen molar-refractivity contribution in [1.29, 1.82) is 0 Å². The number of ether oxygens (including phenoxy) is 1. The number of aromatic amines is 1. The first kappa shape index (κ1) is 16.6. The molecule has 0 saturated carbocycles. The molecule has 7 nitrogen and oxygen atoms in total. The summed E-state index contributed by atoms with van der Waals surface area (Å²) >= 11 is 0. The van der Waals surface area contributed by atoms with E-state index in [4.69, 9.17) is 9.15 Å². The average molecular weight is 361 g/mol. The quantitative estimate of drug-likeness (QED) is 0.568. The van der Waals surface area contributed by atoms with Crippen LogP contribution >= 0.6 is 0 Å². The van der Waals surface area contributed by atoms with Gasteiger partial charge in [0, 0.05) is 23.5 Å². The van der Waals surface area contributed by atoms with Gasteiger partial charge < -0.3 is 14.5 Å². The number of carbonyl (C=O) groups is 1. The standard InChI is InChI=1S/C20H15N3O4/c24-19(22-15-6-7-17-16(11-15)23-20(25)27-17)14-8-9-21-18(10-14)26-12-13-4-2-1-3-5-13/h1-11H,12H2,(H,22,24)(H,23,25). The molecule has 1 amide bonds. The first-order chi connectivity index (χ1) is 13.2. The number of amides is 1. The zero-order chi connectivity index (χ0) is 18.6. The third-order valence-electron chi connectivity index (χ3n) is 3.90. The van der Waals surface area contributed by atoms with E-state index in [1.165, 1.54) is 6.20 Å². The Morgan fingerprint density at radius 3 is 2.81 bits per heavy atom. The maximum Gasteiger partial charge on any atom is 0.417 e. The van der Waals surface area contributed by atoms with Gasteiger partial charge in [0.1, 0.15) is 6.61 Å².